The van der Waals surface area contributed by atoms with Gasteiger partial charge in [0.1, 0.15) is 19.3 Å². The minimum absolute atomic E-state index is 0.0440. The molecule has 0 aromatic rings. The van der Waals surface area contributed by atoms with Gasteiger partial charge >= 0.3 is 13.8 Å². The number of allylic oxidation sites excluding steroid dienone is 5. The quantitative estimate of drug-likeness (QED) is 0.0205. The van der Waals surface area contributed by atoms with Gasteiger partial charge in [0.25, 0.3) is 0 Å². The zero-order chi connectivity index (χ0) is 63.5. The van der Waals surface area contributed by atoms with Crippen LogP contribution in [-0.4, -0.2) is 74.3 Å². The number of carbonyl (C=O) groups excluding carboxylic acids is 2. The zero-order valence-electron chi connectivity index (χ0n) is 59.0. The van der Waals surface area contributed by atoms with E-state index in [2.05, 4.69) is 56.5 Å². The average molecular weight is 1250 g/mol. The van der Waals surface area contributed by atoms with Crippen molar-refractivity contribution in [3.8, 4) is 0 Å². The number of hydrogen-bond donors (Lipinski definition) is 2. The van der Waals surface area contributed by atoms with E-state index in [-0.39, 0.29) is 25.1 Å². The third-order valence-corrected chi connectivity index (χ3v) is 18.6. The average Bonchev–Trinajstić information content (AvgIpc) is 3.70. The first-order valence-electron chi connectivity index (χ1n) is 38.3. The maximum atomic E-state index is 13.7. The van der Waals surface area contributed by atoms with E-state index in [1.165, 1.54) is 295 Å². The number of carbonyl (C=O) groups is 2. The summed E-state index contributed by atoms with van der Waals surface area (Å²) in [6.07, 6.45) is 84.5. The molecule has 0 aliphatic carbocycles. The molecule has 0 rings (SSSR count). The Morgan fingerprint density at radius 2 is 0.701 bits per heavy atom. The highest BCUT2D eigenvalue weighted by molar-refractivity contribution is 7.47. The van der Waals surface area contributed by atoms with Crippen molar-refractivity contribution in [3.63, 3.8) is 0 Å². The van der Waals surface area contributed by atoms with Crippen molar-refractivity contribution >= 4 is 19.7 Å². The lowest BCUT2D eigenvalue weighted by Crippen LogP contribution is -2.47. The molecule has 0 saturated heterocycles. The monoisotopic (exact) mass is 1250 g/mol. The first-order chi connectivity index (χ1) is 42.4. The molecule has 3 unspecified atom stereocenters. The van der Waals surface area contributed by atoms with Gasteiger partial charge in [-0.05, 0) is 63.9 Å². The van der Waals surface area contributed by atoms with E-state index < -0.39 is 20.0 Å². The van der Waals surface area contributed by atoms with Gasteiger partial charge in [-0.3, -0.25) is 18.6 Å². The van der Waals surface area contributed by atoms with Crippen LogP contribution in [0.4, 0.5) is 0 Å². The summed E-state index contributed by atoms with van der Waals surface area (Å²) < 4.78 is 30.9. The van der Waals surface area contributed by atoms with Crippen LogP contribution < -0.4 is 5.32 Å². The van der Waals surface area contributed by atoms with Gasteiger partial charge in [0, 0.05) is 12.8 Å². The lowest BCUT2D eigenvalue weighted by atomic mass is 10.0. The molecule has 0 aliphatic rings. The Labute approximate surface area is 542 Å². The molecule has 10 heteroatoms. The molecular formula is C77H150N2O7P+. The topological polar surface area (TPSA) is 111 Å². The van der Waals surface area contributed by atoms with Crippen molar-refractivity contribution in [2.24, 2.45) is 0 Å². The molecule has 0 bridgehead atoms. The summed E-state index contributed by atoms with van der Waals surface area (Å²) >= 11 is 0. The first kappa shape index (κ1) is 85.2. The lowest BCUT2D eigenvalue weighted by Gasteiger charge is -2.27. The van der Waals surface area contributed by atoms with E-state index in [1.54, 1.807) is 0 Å². The molecule has 0 fully saturated rings. The third-order valence-electron chi connectivity index (χ3n) is 17.6. The number of phosphoric acid groups is 1. The summed E-state index contributed by atoms with van der Waals surface area (Å²) in [7, 11) is 1.52. The molecule has 0 aliphatic heterocycles. The lowest BCUT2D eigenvalue weighted by molar-refractivity contribution is -0.870. The minimum Gasteiger partial charge on any atom is -0.456 e. The SMILES string of the molecule is CCCCC/C=C\C/C=C\CCCCCCCCCCCCCCCCCC(=O)OC(/C=C/CCCCCCCCCCCCC)C(COP(=O)(O)OCC[N+](C)(C)C)NC(=O)CCCCCCCCCCCCCCCCCCCCCCCCC. The highest BCUT2D eigenvalue weighted by Crippen LogP contribution is 2.43. The van der Waals surface area contributed by atoms with E-state index in [1.807, 2.05) is 27.2 Å². The maximum absolute atomic E-state index is 13.7. The predicted molar refractivity (Wildman–Crippen MR) is 379 cm³/mol. The number of likely N-dealkylation sites (N-methyl/N-ethyl adjacent to an activating group) is 1. The Morgan fingerprint density at radius 1 is 0.402 bits per heavy atom. The number of amides is 1. The third kappa shape index (κ3) is 68.4. The van der Waals surface area contributed by atoms with E-state index in [0.29, 0.717) is 23.9 Å². The van der Waals surface area contributed by atoms with Crippen LogP contribution in [-0.2, 0) is 27.9 Å². The van der Waals surface area contributed by atoms with Crippen molar-refractivity contribution in [2.45, 2.75) is 405 Å². The van der Waals surface area contributed by atoms with Crippen LogP contribution >= 0.6 is 7.82 Å². The second-order valence-corrected chi connectivity index (χ2v) is 29.0. The normalized spacial score (nSPS) is 13.6. The fourth-order valence-electron chi connectivity index (χ4n) is 11.7. The number of quaternary nitrogens is 1. The van der Waals surface area contributed by atoms with Crippen molar-refractivity contribution in [1.82, 2.24) is 5.32 Å². The highest BCUT2D eigenvalue weighted by atomic mass is 31.2. The number of nitrogens with zero attached hydrogens (tertiary/aromatic N) is 1. The number of esters is 1. The van der Waals surface area contributed by atoms with E-state index >= 15 is 0 Å². The number of nitrogens with one attached hydrogen (secondary N) is 1. The number of ether oxygens (including phenoxy) is 1. The Bertz CT molecular complexity index is 1580. The highest BCUT2D eigenvalue weighted by Gasteiger charge is 2.30. The van der Waals surface area contributed by atoms with Gasteiger partial charge in [0.05, 0.1) is 33.8 Å². The van der Waals surface area contributed by atoms with Gasteiger partial charge in [-0.15, -0.1) is 0 Å². The summed E-state index contributed by atoms with van der Waals surface area (Å²) in [6.45, 7) is 7.07. The van der Waals surface area contributed by atoms with Gasteiger partial charge in [-0.25, -0.2) is 4.57 Å². The molecule has 0 aromatic carbocycles. The predicted octanol–water partition coefficient (Wildman–Crippen LogP) is 24.6. The molecule has 514 valence electrons. The van der Waals surface area contributed by atoms with Crippen LogP contribution in [0.1, 0.15) is 393 Å². The van der Waals surface area contributed by atoms with Crippen molar-refractivity contribution < 1.29 is 37.3 Å². The Balaban J connectivity index is 4.99. The summed E-state index contributed by atoms with van der Waals surface area (Å²) in [6, 6.07) is -0.845. The molecule has 9 nitrogen and oxygen atoms in total. The maximum Gasteiger partial charge on any atom is 0.472 e. The van der Waals surface area contributed by atoms with Crippen LogP contribution in [0.25, 0.3) is 0 Å². The van der Waals surface area contributed by atoms with Gasteiger partial charge in [0.2, 0.25) is 5.91 Å². The fraction of sp³-hybridized carbons (Fsp3) is 0.896. The molecule has 87 heavy (non-hydrogen) atoms. The minimum atomic E-state index is -4.45. The molecule has 0 aromatic heterocycles. The van der Waals surface area contributed by atoms with Gasteiger partial charge in [-0.2, -0.15) is 0 Å². The number of phosphoric ester groups is 1. The molecule has 0 heterocycles. The van der Waals surface area contributed by atoms with E-state index in [4.69, 9.17) is 13.8 Å². The second-order valence-electron chi connectivity index (χ2n) is 27.5. The van der Waals surface area contributed by atoms with Crippen LogP contribution in [0.2, 0.25) is 0 Å². The second kappa shape index (κ2) is 67.1. The summed E-state index contributed by atoms with van der Waals surface area (Å²) in [5.41, 5.74) is 0. The largest absolute Gasteiger partial charge is 0.472 e. The van der Waals surface area contributed by atoms with E-state index in [9.17, 15) is 19.0 Å². The van der Waals surface area contributed by atoms with Gasteiger partial charge in [-0.1, -0.05) is 353 Å². The molecule has 0 radical (unpaired) electrons. The van der Waals surface area contributed by atoms with Gasteiger partial charge in [0.15, 0.2) is 0 Å². The summed E-state index contributed by atoms with van der Waals surface area (Å²) in [5, 5.41) is 3.09. The molecule has 1 amide bonds. The molecule has 0 spiro atoms. The fourth-order valence-corrected chi connectivity index (χ4v) is 12.4. The molecule has 2 N–H and O–H groups in total. The molecular weight excluding hydrogens is 1100 g/mol. The molecule has 0 saturated carbocycles. The van der Waals surface area contributed by atoms with Crippen LogP contribution in [0.3, 0.4) is 0 Å². The number of rotatable bonds is 71. The number of hydrogen-bond acceptors (Lipinski definition) is 6. The Morgan fingerprint density at radius 3 is 1.06 bits per heavy atom. The van der Waals surface area contributed by atoms with Crippen molar-refractivity contribution in [2.75, 3.05) is 40.9 Å². The van der Waals surface area contributed by atoms with E-state index in [0.717, 1.165) is 64.2 Å². The van der Waals surface area contributed by atoms with Crippen LogP contribution in [0.15, 0.2) is 36.5 Å². The zero-order valence-corrected chi connectivity index (χ0v) is 59.9. The Hall–Kier alpha value is -1.77. The standard InChI is InChI=1S/C77H149N2O7P/c1-7-10-13-16-19-22-25-28-30-32-34-36-38-39-41-43-45-47-49-52-55-58-61-64-67-70-77(81)86-75(68-65-62-59-56-53-50-27-24-21-18-15-12-9-3)74(73-85-87(82,83)84-72-71-79(4,5)6)78-76(80)69-66-63-60-57-54-51-48-46-44-42-40-37-35-33-31-29-26-23-20-17-14-11-8-2/h19,22,28,30,65,68,74-75H,7-18,20-21,23-27,29,31-64,66-67,69-73H2,1-6H3,(H-,78,80,82,83)/p+1/b22-19-,30-28-,68-65+. The van der Waals surface area contributed by atoms with Crippen LogP contribution in [0.5, 0.6) is 0 Å². The summed E-state index contributed by atoms with van der Waals surface area (Å²) in [5.74, 6) is -0.480. The number of unbranched alkanes of at least 4 members (excludes halogenated alkanes) is 51. The van der Waals surface area contributed by atoms with Crippen molar-refractivity contribution in [1.29, 1.82) is 0 Å². The smallest absolute Gasteiger partial charge is 0.456 e. The van der Waals surface area contributed by atoms with Crippen LogP contribution in [0, 0.1) is 0 Å². The van der Waals surface area contributed by atoms with Gasteiger partial charge < -0.3 is 19.4 Å². The summed E-state index contributed by atoms with van der Waals surface area (Å²) in [4.78, 5) is 38.0. The molecule has 3 atom stereocenters. The first-order valence-corrected chi connectivity index (χ1v) is 39.8. The Kier molecular flexibility index (Phi) is 65.8. The van der Waals surface area contributed by atoms with Crippen molar-refractivity contribution in [3.05, 3.63) is 36.5 Å².